The first-order valence-electron chi connectivity index (χ1n) is 9.44. The van der Waals surface area contributed by atoms with Gasteiger partial charge in [0, 0.05) is 19.8 Å². The summed E-state index contributed by atoms with van der Waals surface area (Å²) in [4.78, 5) is 0. The van der Waals surface area contributed by atoms with Crippen LogP contribution >= 0.6 is 0 Å². The third-order valence-corrected chi connectivity index (χ3v) is 4.13. The van der Waals surface area contributed by atoms with Gasteiger partial charge in [-0.2, -0.15) is 0 Å². The standard InChI is InChI=1S/C18H35FO5/c1-4-7-10-21-13-14-15(19)16(22-11-8-5-2)17(18(20)24-14)23-12-9-6-3/h14-18,20H,4-13H2,1-3H3/t14?,15?,16?,17-,18?/m1/s1. The Morgan fingerprint density at radius 1 is 0.875 bits per heavy atom. The highest BCUT2D eigenvalue weighted by atomic mass is 19.1. The predicted octanol–water partition coefficient (Wildman–Crippen LogP) is 3.23. The summed E-state index contributed by atoms with van der Waals surface area (Å²) in [6, 6.07) is 0. The maximum Gasteiger partial charge on any atom is 0.184 e. The summed E-state index contributed by atoms with van der Waals surface area (Å²) in [6.45, 7) is 7.76. The number of ether oxygens (including phenoxy) is 4. The van der Waals surface area contributed by atoms with Crippen molar-refractivity contribution in [2.75, 3.05) is 26.4 Å². The fourth-order valence-corrected chi connectivity index (χ4v) is 2.56. The van der Waals surface area contributed by atoms with E-state index in [1.165, 1.54) is 0 Å². The molecule has 0 aromatic heterocycles. The van der Waals surface area contributed by atoms with E-state index < -0.39 is 30.8 Å². The van der Waals surface area contributed by atoms with Crippen LogP contribution in [0.5, 0.6) is 0 Å². The highest BCUT2D eigenvalue weighted by Gasteiger charge is 2.47. The minimum atomic E-state index is -1.38. The van der Waals surface area contributed by atoms with Gasteiger partial charge in [0.05, 0.1) is 6.61 Å². The molecule has 1 aliphatic heterocycles. The molecule has 1 saturated heterocycles. The third kappa shape index (κ3) is 7.31. The number of hydrogen-bond donors (Lipinski definition) is 1. The first kappa shape index (κ1) is 21.8. The fourth-order valence-electron chi connectivity index (χ4n) is 2.56. The van der Waals surface area contributed by atoms with Crippen LogP contribution in [0.2, 0.25) is 0 Å². The molecule has 0 amide bonds. The molecule has 0 aliphatic carbocycles. The largest absolute Gasteiger partial charge is 0.379 e. The maximum atomic E-state index is 14.9. The molecule has 5 nitrogen and oxygen atoms in total. The molecular weight excluding hydrogens is 315 g/mol. The summed E-state index contributed by atoms with van der Waals surface area (Å²) in [5.41, 5.74) is 0. The van der Waals surface area contributed by atoms with E-state index in [-0.39, 0.29) is 6.61 Å². The molecule has 5 atom stereocenters. The Morgan fingerprint density at radius 2 is 1.42 bits per heavy atom. The van der Waals surface area contributed by atoms with E-state index in [1.807, 2.05) is 6.92 Å². The smallest absolute Gasteiger partial charge is 0.184 e. The SMILES string of the molecule is CCCCOCC1OC(O)[C@H](OCCCC)C(OCCCC)C1F. The maximum absolute atomic E-state index is 14.9. The number of alkyl halides is 1. The molecule has 0 spiro atoms. The molecular formula is C18H35FO5. The van der Waals surface area contributed by atoms with Crippen LogP contribution < -0.4 is 0 Å². The zero-order valence-electron chi connectivity index (χ0n) is 15.4. The van der Waals surface area contributed by atoms with Gasteiger partial charge in [0.25, 0.3) is 0 Å². The molecule has 24 heavy (non-hydrogen) atoms. The van der Waals surface area contributed by atoms with E-state index in [1.54, 1.807) is 0 Å². The Labute approximate surface area is 145 Å². The molecule has 1 aliphatic rings. The molecule has 1 fully saturated rings. The summed E-state index contributed by atoms with van der Waals surface area (Å²) in [5.74, 6) is 0. The number of unbranched alkanes of at least 4 members (excludes halogenated alkanes) is 3. The van der Waals surface area contributed by atoms with Gasteiger partial charge in [0.1, 0.15) is 18.3 Å². The second kappa shape index (κ2) is 13.0. The molecule has 4 unspecified atom stereocenters. The van der Waals surface area contributed by atoms with Gasteiger partial charge in [0.2, 0.25) is 0 Å². The topological polar surface area (TPSA) is 57.2 Å². The van der Waals surface area contributed by atoms with Crippen LogP contribution in [0.1, 0.15) is 59.3 Å². The summed E-state index contributed by atoms with van der Waals surface area (Å²) < 4.78 is 37.1. The average molecular weight is 350 g/mol. The molecule has 0 aromatic rings. The van der Waals surface area contributed by atoms with Crippen molar-refractivity contribution >= 4 is 0 Å². The van der Waals surface area contributed by atoms with E-state index in [2.05, 4.69) is 13.8 Å². The Hall–Kier alpha value is -0.270. The van der Waals surface area contributed by atoms with Crippen molar-refractivity contribution in [1.29, 1.82) is 0 Å². The van der Waals surface area contributed by atoms with Crippen LogP contribution in [0.25, 0.3) is 0 Å². The van der Waals surface area contributed by atoms with Gasteiger partial charge >= 0.3 is 0 Å². The lowest BCUT2D eigenvalue weighted by molar-refractivity contribution is -0.294. The molecule has 1 rings (SSSR count). The van der Waals surface area contributed by atoms with Crippen molar-refractivity contribution in [1.82, 2.24) is 0 Å². The zero-order valence-corrected chi connectivity index (χ0v) is 15.4. The number of hydrogen-bond acceptors (Lipinski definition) is 5. The average Bonchev–Trinajstić information content (AvgIpc) is 2.57. The van der Waals surface area contributed by atoms with Crippen molar-refractivity contribution < 1.29 is 28.4 Å². The van der Waals surface area contributed by atoms with E-state index >= 15 is 0 Å². The Balaban J connectivity index is 2.61. The van der Waals surface area contributed by atoms with E-state index in [0.29, 0.717) is 19.8 Å². The summed E-state index contributed by atoms with van der Waals surface area (Å²) in [5, 5.41) is 10.2. The Morgan fingerprint density at radius 3 is 2.00 bits per heavy atom. The van der Waals surface area contributed by atoms with Gasteiger partial charge in [-0.05, 0) is 19.3 Å². The monoisotopic (exact) mass is 350 g/mol. The molecule has 1 heterocycles. The van der Waals surface area contributed by atoms with Gasteiger partial charge in [-0.1, -0.05) is 40.0 Å². The minimum absolute atomic E-state index is 0.119. The van der Waals surface area contributed by atoms with Crippen molar-refractivity contribution in [2.24, 2.45) is 0 Å². The quantitative estimate of drug-likeness (QED) is 0.517. The van der Waals surface area contributed by atoms with Crippen molar-refractivity contribution in [3.63, 3.8) is 0 Å². The van der Waals surface area contributed by atoms with E-state index in [9.17, 15) is 9.50 Å². The zero-order chi connectivity index (χ0) is 17.8. The predicted molar refractivity (Wildman–Crippen MR) is 90.8 cm³/mol. The molecule has 0 bridgehead atoms. The van der Waals surface area contributed by atoms with Crippen molar-refractivity contribution in [3.05, 3.63) is 0 Å². The summed E-state index contributed by atoms with van der Waals surface area (Å²) in [6.07, 6.45) is 0.561. The van der Waals surface area contributed by atoms with Crippen LogP contribution in [-0.4, -0.2) is 62.3 Å². The summed E-state index contributed by atoms with van der Waals surface area (Å²) >= 11 is 0. The third-order valence-electron chi connectivity index (χ3n) is 4.13. The fraction of sp³-hybridized carbons (Fsp3) is 1.00. The van der Waals surface area contributed by atoms with Crippen LogP contribution in [-0.2, 0) is 18.9 Å². The molecule has 0 saturated carbocycles. The lowest BCUT2D eigenvalue weighted by Gasteiger charge is -2.41. The van der Waals surface area contributed by atoms with Crippen LogP contribution in [0.3, 0.4) is 0 Å². The van der Waals surface area contributed by atoms with Crippen molar-refractivity contribution in [2.45, 2.75) is 90.1 Å². The van der Waals surface area contributed by atoms with E-state index in [4.69, 9.17) is 18.9 Å². The minimum Gasteiger partial charge on any atom is -0.379 e. The van der Waals surface area contributed by atoms with Gasteiger partial charge in [-0.25, -0.2) is 4.39 Å². The normalized spacial score (nSPS) is 30.6. The van der Waals surface area contributed by atoms with Crippen molar-refractivity contribution in [3.8, 4) is 0 Å². The number of rotatable bonds is 13. The Bertz CT molecular complexity index is 305. The van der Waals surface area contributed by atoms with Gasteiger partial charge in [-0.15, -0.1) is 0 Å². The highest BCUT2D eigenvalue weighted by molar-refractivity contribution is 4.91. The Kier molecular flexibility index (Phi) is 11.8. The molecule has 1 N–H and O–H groups in total. The number of aliphatic hydroxyl groups excluding tert-OH is 1. The molecule has 0 aromatic carbocycles. The second-order valence-corrected chi connectivity index (χ2v) is 6.32. The molecule has 6 heteroatoms. The first-order valence-corrected chi connectivity index (χ1v) is 9.44. The van der Waals surface area contributed by atoms with Crippen LogP contribution in [0, 0.1) is 0 Å². The number of aliphatic hydroxyl groups is 1. The second-order valence-electron chi connectivity index (χ2n) is 6.32. The van der Waals surface area contributed by atoms with E-state index in [0.717, 1.165) is 38.5 Å². The summed E-state index contributed by atoms with van der Waals surface area (Å²) in [7, 11) is 0. The lowest BCUT2D eigenvalue weighted by atomic mass is 10.00. The molecule has 0 radical (unpaired) electrons. The number of halogens is 1. The van der Waals surface area contributed by atoms with Gasteiger partial charge < -0.3 is 24.1 Å². The lowest BCUT2D eigenvalue weighted by Crippen LogP contribution is -2.59. The van der Waals surface area contributed by atoms with Crippen LogP contribution in [0.4, 0.5) is 4.39 Å². The van der Waals surface area contributed by atoms with Gasteiger partial charge in [0.15, 0.2) is 12.5 Å². The highest BCUT2D eigenvalue weighted by Crippen LogP contribution is 2.28. The molecule has 144 valence electrons. The first-order chi connectivity index (χ1) is 11.7. The van der Waals surface area contributed by atoms with Gasteiger partial charge in [-0.3, -0.25) is 0 Å². The van der Waals surface area contributed by atoms with Crippen LogP contribution in [0.15, 0.2) is 0 Å².